The average Bonchev–Trinajstić information content (AvgIpc) is 3.52. The first kappa shape index (κ1) is 26.9. The number of halogens is 3. The predicted molar refractivity (Wildman–Crippen MR) is 141 cm³/mol. The number of pyridine rings is 1. The molecule has 1 amide bonds. The summed E-state index contributed by atoms with van der Waals surface area (Å²) in [6.45, 7) is 3.03. The van der Waals surface area contributed by atoms with Crippen LogP contribution in [-0.2, 0) is 6.61 Å². The molecular formula is C24H23F3N8O2S2. The van der Waals surface area contributed by atoms with Gasteiger partial charge in [0.05, 0.1) is 40.0 Å². The van der Waals surface area contributed by atoms with Gasteiger partial charge in [-0.15, -0.1) is 22.7 Å². The molecule has 39 heavy (non-hydrogen) atoms. The number of aromatic nitrogens is 5. The maximum atomic E-state index is 14.0. The summed E-state index contributed by atoms with van der Waals surface area (Å²) in [6, 6.07) is 0.927. The number of aliphatic hydroxyl groups excluding tert-OH is 1. The lowest BCUT2D eigenvalue weighted by atomic mass is 10.1. The lowest BCUT2D eigenvalue weighted by Crippen LogP contribution is -2.61. The molecule has 4 aromatic rings. The molecule has 0 spiro atoms. The summed E-state index contributed by atoms with van der Waals surface area (Å²) in [5.74, 6) is -0.248. The average molecular weight is 577 g/mol. The topological polar surface area (TPSA) is 120 Å². The van der Waals surface area contributed by atoms with E-state index >= 15 is 0 Å². The van der Waals surface area contributed by atoms with Gasteiger partial charge in [-0.3, -0.25) is 4.79 Å². The zero-order valence-electron chi connectivity index (χ0n) is 20.8. The highest BCUT2D eigenvalue weighted by molar-refractivity contribution is 7.16. The molecule has 0 aliphatic carbocycles. The number of aliphatic hydroxyl groups is 1. The Morgan fingerprint density at radius 2 is 1.90 bits per heavy atom. The number of anilines is 3. The van der Waals surface area contributed by atoms with E-state index in [1.165, 1.54) is 47.0 Å². The van der Waals surface area contributed by atoms with Crippen molar-refractivity contribution in [2.24, 2.45) is 0 Å². The molecule has 0 aromatic carbocycles. The van der Waals surface area contributed by atoms with Crippen LogP contribution in [-0.4, -0.2) is 72.7 Å². The third kappa shape index (κ3) is 5.84. The number of alkyl halides is 3. The largest absolute Gasteiger partial charge is 0.410 e. The van der Waals surface area contributed by atoms with Crippen LogP contribution in [0.2, 0.25) is 0 Å². The van der Waals surface area contributed by atoms with Gasteiger partial charge < -0.3 is 20.2 Å². The fourth-order valence-corrected chi connectivity index (χ4v) is 5.82. The van der Waals surface area contributed by atoms with Crippen molar-refractivity contribution in [3.8, 4) is 10.6 Å². The Hall–Kier alpha value is -3.69. The molecule has 0 saturated carbocycles. The third-order valence-corrected chi connectivity index (χ3v) is 7.92. The fraction of sp³-hybridized carbons (Fsp3) is 0.333. The van der Waals surface area contributed by atoms with E-state index in [0.717, 1.165) is 26.2 Å². The summed E-state index contributed by atoms with van der Waals surface area (Å²) in [5.41, 5.74) is 2.19. The van der Waals surface area contributed by atoms with Crippen molar-refractivity contribution in [3.05, 3.63) is 57.9 Å². The Balaban J connectivity index is 1.27. The molecule has 0 bridgehead atoms. The minimum Gasteiger partial charge on any atom is -0.392 e. The van der Waals surface area contributed by atoms with E-state index in [1.807, 2.05) is 19.2 Å². The second kappa shape index (κ2) is 10.8. The first-order valence-electron chi connectivity index (χ1n) is 11.8. The van der Waals surface area contributed by atoms with Crippen LogP contribution in [0, 0.1) is 13.8 Å². The third-order valence-electron chi connectivity index (χ3n) is 6.06. The Labute approximate surface area is 229 Å². The fourth-order valence-electron chi connectivity index (χ4n) is 4.15. The van der Waals surface area contributed by atoms with Crippen LogP contribution in [0.5, 0.6) is 0 Å². The van der Waals surface area contributed by atoms with Gasteiger partial charge in [0, 0.05) is 42.6 Å². The quantitative estimate of drug-likeness (QED) is 0.348. The van der Waals surface area contributed by atoms with Crippen LogP contribution in [0.25, 0.3) is 10.6 Å². The molecule has 2 N–H and O–H groups in total. The van der Waals surface area contributed by atoms with Crippen LogP contribution in [0.15, 0.2) is 36.1 Å². The standard InChI is InChI=1S/C24H23F3N8O2S2/c1-13-20(39-14(2)31-13)17-12-38-23(32-17)33-19-4-3-16(9-28-19)21(37)35-6-5-34(10-18(35)24(25,26)27)22-29-7-15(11-36)8-30-22/h3-4,7-9,12,18,36H,5-6,10-11H2,1-2H3,(H,28,32,33). The zero-order chi connectivity index (χ0) is 27.7. The molecule has 5 heterocycles. The maximum Gasteiger partial charge on any atom is 0.410 e. The normalized spacial score (nSPS) is 16.0. The number of piperazine rings is 1. The summed E-state index contributed by atoms with van der Waals surface area (Å²) in [4.78, 5) is 37.6. The van der Waals surface area contributed by atoms with Gasteiger partial charge in [0.15, 0.2) is 5.13 Å². The van der Waals surface area contributed by atoms with Crippen LogP contribution < -0.4 is 10.2 Å². The Kier molecular flexibility index (Phi) is 7.46. The minimum absolute atomic E-state index is 0.0439. The second-order valence-corrected chi connectivity index (χ2v) is 10.9. The van der Waals surface area contributed by atoms with Gasteiger partial charge >= 0.3 is 6.18 Å². The van der Waals surface area contributed by atoms with Crippen LogP contribution in [0.3, 0.4) is 0 Å². The van der Waals surface area contributed by atoms with Crippen LogP contribution in [0.1, 0.15) is 26.6 Å². The van der Waals surface area contributed by atoms with E-state index in [-0.39, 0.29) is 31.2 Å². The van der Waals surface area contributed by atoms with E-state index in [0.29, 0.717) is 16.5 Å². The number of rotatable bonds is 6. The van der Waals surface area contributed by atoms with Crippen LogP contribution in [0.4, 0.5) is 30.1 Å². The van der Waals surface area contributed by atoms with Gasteiger partial charge in [0.1, 0.15) is 11.9 Å². The Morgan fingerprint density at radius 3 is 2.51 bits per heavy atom. The first-order chi connectivity index (χ1) is 18.6. The van der Waals surface area contributed by atoms with Crippen molar-refractivity contribution in [2.75, 3.05) is 29.9 Å². The van der Waals surface area contributed by atoms with E-state index in [2.05, 4.69) is 30.2 Å². The first-order valence-corrected chi connectivity index (χ1v) is 13.5. The van der Waals surface area contributed by atoms with Crippen molar-refractivity contribution < 1.29 is 23.1 Å². The molecule has 15 heteroatoms. The number of thiazole rings is 2. The molecule has 1 unspecified atom stereocenters. The Bertz CT molecular complexity index is 1460. The van der Waals surface area contributed by atoms with Crippen molar-refractivity contribution in [3.63, 3.8) is 0 Å². The summed E-state index contributed by atoms with van der Waals surface area (Å²) in [6.07, 6.45) is -0.687. The van der Waals surface area contributed by atoms with Gasteiger partial charge in [-0.2, -0.15) is 13.2 Å². The van der Waals surface area contributed by atoms with Gasteiger partial charge in [-0.1, -0.05) is 0 Å². The van der Waals surface area contributed by atoms with Gasteiger partial charge in [-0.05, 0) is 26.0 Å². The number of nitrogens with zero attached hydrogens (tertiary/aromatic N) is 7. The molecule has 1 aliphatic heterocycles. The molecule has 0 radical (unpaired) electrons. The molecule has 1 saturated heterocycles. The summed E-state index contributed by atoms with van der Waals surface area (Å²) in [5, 5.41) is 15.7. The summed E-state index contributed by atoms with van der Waals surface area (Å²) < 4.78 is 42.0. The van der Waals surface area contributed by atoms with E-state index < -0.39 is 24.7 Å². The Morgan fingerprint density at radius 1 is 1.13 bits per heavy atom. The maximum absolute atomic E-state index is 14.0. The minimum atomic E-state index is -4.66. The number of hydrogen-bond acceptors (Lipinski definition) is 11. The smallest absolute Gasteiger partial charge is 0.392 e. The molecule has 4 aromatic heterocycles. The SMILES string of the molecule is Cc1nc(C)c(-c2csc(Nc3ccc(C(=O)N4CCN(c5ncc(CO)cn5)CC4C(F)(F)F)cn3)n2)s1. The molecule has 1 atom stereocenters. The van der Waals surface area contributed by atoms with Gasteiger partial charge in [-0.25, -0.2) is 24.9 Å². The highest BCUT2D eigenvalue weighted by atomic mass is 32.1. The highest BCUT2D eigenvalue weighted by Crippen LogP contribution is 2.33. The number of amides is 1. The van der Waals surface area contributed by atoms with Gasteiger partial charge in [0.2, 0.25) is 5.95 Å². The number of carbonyl (C=O) groups is 1. The van der Waals surface area contributed by atoms with Crippen molar-refractivity contribution >= 4 is 45.5 Å². The second-order valence-electron chi connectivity index (χ2n) is 8.79. The number of carbonyl (C=O) groups excluding carboxylic acids is 1. The number of aryl methyl sites for hydroxylation is 2. The highest BCUT2D eigenvalue weighted by Gasteiger charge is 2.48. The zero-order valence-corrected chi connectivity index (χ0v) is 22.4. The summed E-state index contributed by atoms with van der Waals surface area (Å²) >= 11 is 2.94. The number of nitrogens with one attached hydrogen (secondary N) is 1. The van der Waals surface area contributed by atoms with E-state index in [9.17, 15) is 18.0 Å². The number of hydrogen-bond donors (Lipinski definition) is 2. The van der Waals surface area contributed by atoms with E-state index in [4.69, 9.17) is 5.11 Å². The lowest BCUT2D eigenvalue weighted by Gasteiger charge is -2.42. The monoisotopic (exact) mass is 576 g/mol. The summed E-state index contributed by atoms with van der Waals surface area (Å²) in [7, 11) is 0. The molecule has 204 valence electrons. The lowest BCUT2D eigenvalue weighted by molar-refractivity contribution is -0.177. The molecule has 5 rings (SSSR count). The molecule has 10 nitrogen and oxygen atoms in total. The molecule has 1 fully saturated rings. The van der Waals surface area contributed by atoms with Crippen molar-refractivity contribution in [1.82, 2.24) is 29.8 Å². The van der Waals surface area contributed by atoms with Gasteiger partial charge in [0.25, 0.3) is 5.91 Å². The predicted octanol–water partition coefficient (Wildman–Crippen LogP) is 4.20. The molecule has 1 aliphatic rings. The van der Waals surface area contributed by atoms with Crippen molar-refractivity contribution in [1.29, 1.82) is 0 Å². The van der Waals surface area contributed by atoms with Crippen molar-refractivity contribution in [2.45, 2.75) is 32.7 Å². The van der Waals surface area contributed by atoms with E-state index in [1.54, 1.807) is 11.3 Å². The molecular weight excluding hydrogens is 553 g/mol. The van der Waals surface area contributed by atoms with Crippen LogP contribution >= 0.6 is 22.7 Å².